The van der Waals surface area contributed by atoms with Crippen molar-refractivity contribution in [3.63, 3.8) is 0 Å². The molecule has 0 unspecified atom stereocenters. The van der Waals surface area contributed by atoms with Crippen LogP contribution in [0.1, 0.15) is 13.8 Å². The molecule has 0 spiro atoms. The molecule has 1 aromatic heterocycles. The first-order valence-corrected chi connectivity index (χ1v) is 4.28. The number of hydrogen-bond donors (Lipinski definition) is 2. The number of hydrogen-bond acceptors (Lipinski definition) is 7. The van der Waals surface area contributed by atoms with Crippen LogP contribution in [0.5, 0.6) is 0 Å². The van der Waals surface area contributed by atoms with E-state index in [0.29, 0.717) is 0 Å². The van der Waals surface area contributed by atoms with Gasteiger partial charge >= 0.3 is 5.66 Å². The van der Waals surface area contributed by atoms with Gasteiger partial charge in [0.05, 0.1) is 23.7 Å². The van der Waals surface area contributed by atoms with Gasteiger partial charge in [-0.05, 0) is 10.3 Å². The van der Waals surface area contributed by atoms with Crippen LogP contribution in [0.15, 0.2) is 4.63 Å². The second-order valence-electron chi connectivity index (χ2n) is 3.37. The lowest BCUT2D eigenvalue weighted by molar-refractivity contribution is -0.801. The minimum Gasteiger partial charge on any atom is -0.367 e. The maximum atomic E-state index is 11.5. The molecule has 0 fully saturated rings. The van der Waals surface area contributed by atoms with Crippen LogP contribution in [-0.4, -0.2) is 32.8 Å². The van der Waals surface area contributed by atoms with Crippen LogP contribution in [0.25, 0.3) is 0 Å². The summed E-state index contributed by atoms with van der Waals surface area (Å²) in [7, 11) is 1.54. The Morgan fingerprint density at radius 2 is 1.88 bits per heavy atom. The predicted molar refractivity (Wildman–Crippen MR) is 52.2 cm³/mol. The van der Waals surface area contributed by atoms with Crippen LogP contribution in [-0.2, 0) is 0 Å². The fourth-order valence-corrected chi connectivity index (χ4v) is 0.733. The largest absolute Gasteiger partial charge is 0.472 e. The Bertz CT molecular complexity index is 413. The minimum atomic E-state index is -1.83. The van der Waals surface area contributed by atoms with Crippen LogP contribution in [0.4, 0.5) is 11.6 Å². The van der Waals surface area contributed by atoms with E-state index in [1.165, 1.54) is 0 Å². The van der Waals surface area contributed by atoms with Gasteiger partial charge in [-0.1, -0.05) is 5.43 Å². The summed E-state index contributed by atoms with van der Waals surface area (Å²) in [5.74, 6) is 0.160. The van der Waals surface area contributed by atoms with Gasteiger partial charge in [-0.2, -0.15) is 0 Å². The van der Waals surface area contributed by atoms with E-state index in [-0.39, 0.29) is 16.5 Å². The Kier molecular flexibility index (Phi) is 3.01. The van der Waals surface area contributed by atoms with Crippen molar-refractivity contribution in [1.82, 2.24) is 10.3 Å². The van der Waals surface area contributed by atoms with E-state index >= 15 is 0 Å². The number of rotatable bonds is 5. The zero-order valence-electron chi connectivity index (χ0n) is 8.92. The fraction of sp³-hybridized carbons (Fsp3) is 0.667. The number of nitrogens with zero attached hydrogens (tertiary/aromatic N) is 4. The third-order valence-corrected chi connectivity index (χ3v) is 1.88. The van der Waals surface area contributed by atoms with E-state index in [4.69, 9.17) is 0 Å². The van der Waals surface area contributed by atoms with Crippen molar-refractivity contribution < 1.29 is 14.4 Å². The number of aromatic nitrogens is 2. The molecular weight excluding hydrogens is 220 g/mol. The second kappa shape index (κ2) is 4.08. The lowest BCUT2D eigenvalue weighted by atomic mass is 10.3. The van der Waals surface area contributed by atoms with Crippen molar-refractivity contribution in [3.8, 4) is 0 Å². The average molecular weight is 231 g/mol. The van der Waals surface area contributed by atoms with Gasteiger partial charge in [0.25, 0.3) is 5.82 Å². The van der Waals surface area contributed by atoms with Crippen molar-refractivity contribution in [2.75, 3.05) is 17.8 Å². The molecular formula is C6H11N6O4+. The molecule has 16 heavy (non-hydrogen) atoms. The molecule has 0 saturated heterocycles. The van der Waals surface area contributed by atoms with E-state index in [1.807, 2.05) is 0 Å². The smallest absolute Gasteiger partial charge is 0.367 e. The molecule has 0 radical (unpaired) electrons. The summed E-state index contributed by atoms with van der Waals surface area (Å²) in [6.07, 6.45) is 0. The number of hydrazine groups is 1. The van der Waals surface area contributed by atoms with E-state index in [2.05, 4.69) is 25.7 Å². The summed E-state index contributed by atoms with van der Waals surface area (Å²) >= 11 is 0. The molecule has 1 aromatic rings. The van der Waals surface area contributed by atoms with Gasteiger partial charge in [-0.3, -0.25) is 10.1 Å². The van der Waals surface area contributed by atoms with Crippen molar-refractivity contribution >= 4 is 11.6 Å². The Hall–Kier alpha value is -2.26. The molecule has 88 valence electrons. The molecule has 0 bridgehead atoms. The maximum Gasteiger partial charge on any atom is 0.472 e. The lowest BCUT2D eigenvalue weighted by Gasteiger charge is -2.05. The lowest BCUT2D eigenvalue weighted by Crippen LogP contribution is -2.45. The first kappa shape index (κ1) is 11.8. The maximum absolute atomic E-state index is 11.5. The van der Waals surface area contributed by atoms with Crippen molar-refractivity contribution in [3.05, 3.63) is 15.0 Å². The van der Waals surface area contributed by atoms with Crippen LogP contribution in [0, 0.1) is 15.0 Å². The highest BCUT2D eigenvalue weighted by atomic mass is 16.6. The van der Waals surface area contributed by atoms with Gasteiger partial charge in [0, 0.05) is 7.05 Å². The first-order valence-electron chi connectivity index (χ1n) is 4.28. The molecule has 1 rings (SSSR count). The third kappa shape index (κ3) is 2.04. The molecule has 10 heteroatoms. The normalized spacial score (nSPS) is 10.9. The Balaban J connectivity index is 2.83. The molecule has 1 heterocycles. The third-order valence-electron chi connectivity index (χ3n) is 1.88. The molecule has 0 aliphatic rings. The van der Waals surface area contributed by atoms with Crippen molar-refractivity contribution in [2.45, 2.75) is 19.5 Å². The van der Waals surface area contributed by atoms with Gasteiger partial charge in [-0.15, -0.1) is 0 Å². The topological polar surface area (TPSA) is 126 Å². The fourth-order valence-electron chi connectivity index (χ4n) is 0.733. The molecule has 0 atom stereocenters. The van der Waals surface area contributed by atoms with Gasteiger partial charge < -0.3 is 5.32 Å². The molecule has 10 nitrogen and oxygen atoms in total. The van der Waals surface area contributed by atoms with E-state index in [0.717, 1.165) is 13.8 Å². The van der Waals surface area contributed by atoms with Crippen molar-refractivity contribution in [2.24, 2.45) is 0 Å². The number of nitrogens with one attached hydrogen (secondary N) is 2. The quantitative estimate of drug-likeness (QED) is 0.319. The Morgan fingerprint density at radius 1 is 1.31 bits per heavy atom. The number of nitro groups is 1. The van der Waals surface area contributed by atoms with Gasteiger partial charge in [0.2, 0.25) is 5.82 Å². The molecule has 0 aliphatic heterocycles. The predicted octanol–water partition coefficient (Wildman–Crippen LogP) is 0.230. The molecule has 0 aromatic carbocycles. The summed E-state index contributed by atoms with van der Waals surface area (Å²) in [6.45, 7) is 2.30. The highest BCUT2D eigenvalue weighted by molar-refractivity contribution is 5.55. The zero-order chi connectivity index (χ0) is 12.3. The van der Waals surface area contributed by atoms with E-state index in [9.17, 15) is 15.0 Å². The van der Waals surface area contributed by atoms with Crippen LogP contribution < -0.4 is 10.7 Å². The molecule has 2 N–H and O–H groups in total. The standard InChI is InChI=1S/C6H11N6O4/c1-6(2,12(14)15)11(13)8-5-4(7-3)9-16-10-5/h1-3H3,(H,7,9)(H,8,10,13)/q+1. The summed E-state index contributed by atoms with van der Waals surface area (Å²) < 4.78 is 4.35. The van der Waals surface area contributed by atoms with Gasteiger partial charge in [0.1, 0.15) is 0 Å². The zero-order valence-corrected chi connectivity index (χ0v) is 8.92. The van der Waals surface area contributed by atoms with Gasteiger partial charge in [0.15, 0.2) is 4.87 Å². The van der Waals surface area contributed by atoms with Crippen LogP contribution in [0.3, 0.4) is 0 Å². The van der Waals surface area contributed by atoms with E-state index < -0.39 is 10.6 Å². The van der Waals surface area contributed by atoms with E-state index in [1.54, 1.807) is 7.05 Å². The van der Waals surface area contributed by atoms with Gasteiger partial charge in [-0.25, -0.2) is 4.63 Å². The minimum absolute atomic E-state index is 0.0209. The summed E-state index contributed by atoms with van der Waals surface area (Å²) in [6, 6.07) is 0. The first-order chi connectivity index (χ1) is 7.39. The summed E-state index contributed by atoms with van der Waals surface area (Å²) in [5, 5.41) is 20.0. The molecule has 0 aliphatic carbocycles. The van der Waals surface area contributed by atoms with Crippen LogP contribution >= 0.6 is 0 Å². The SMILES string of the molecule is CNc1nonc1N[N+](=O)C(C)(C)[N+](=O)[O-]. The highest BCUT2D eigenvalue weighted by Crippen LogP contribution is 2.17. The Labute approximate surface area is 89.7 Å². The monoisotopic (exact) mass is 231 g/mol. The summed E-state index contributed by atoms with van der Waals surface area (Å²) in [5.41, 5.74) is 0.340. The second-order valence-corrected chi connectivity index (χ2v) is 3.37. The van der Waals surface area contributed by atoms with Crippen molar-refractivity contribution in [1.29, 1.82) is 0 Å². The Morgan fingerprint density at radius 3 is 2.38 bits per heavy atom. The molecule has 0 saturated carbocycles. The summed E-state index contributed by atoms with van der Waals surface area (Å²) in [4.78, 5) is 21.4. The average Bonchev–Trinajstić information content (AvgIpc) is 2.64. The highest BCUT2D eigenvalue weighted by Gasteiger charge is 2.49. The molecule has 0 amide bonds. The number of nitroso groups, excluding NO2 is 1. The van der Waals surface area contributed by atoms with Crippen LogP contribution in [0.2, 0.25) is 0 Å². The number of anilines is 2.